The highest BCUT2D eigenvalue weighted by molar-refractivity contribution is 7.13. The van der Waals surface area contributed by atoms with Crippen LogP contribution < -0.4 is 15.4 Å². The van der Waals surface area contributed by atoms with Crippen LogP contribution in [-0.2, 0) is 30.4 Å². The maximum Gasteiger partial charge on any atom is 0.258 e. The number of unbranched alkanes of at least 4 members (excludes halogenated alkanes) is 1. The van der Waals surface area contributed by atoms with E-state index < -0.39 is 29.1 Å². The minimum atomic E-state index is -1.89. The van der Waals surface area contributed by atoms with Crippen LogP contribution in [0.1, 0.15) is 77.0 Å². The molecule has 0 bridgehead atoms. The average molecular weight is 645 g/mol. The number of amides is 3. The number of carbonyl (C=O) groups excluding carboxylic acids is 3. The number of benzene rings is 1. The number of alkyl halides is 1. The molecule has 1 saturated carbocycles. The fourth-order valence-corrected chi connectivity index (χ4v) is 6.54. The van der Waals surface area contributed by atoms with E-state index in [1.807, 2.05) is 51.4 Å². The molecule has 45 heavy (non-hydrogen) atoms. The molecule has 2 N–H and O–H groups in total. The van der Waals surface area contributed by atoms with Crippen LogP contribution in [0.2, 0.25) is 0 Å². The number of aromatic nitrogens is 1. The molecule has 2 atom stereocenters. The van der Waals surface area contributed by atoms with Gasteiger partial charge in [-0.05, 0) is 68.9 Å². The Bertz CT molecular complexity index is 1370. The van der Waals surface area contributed by atoms with Gasteiger partial charge in [-0.15, -0.1) is 11.3 Å². The summed E-state index contributed by atoms with van der Waals surface area (Å²) in [6.45, 7) is 9.86. The molecule has 10 nitrogen and oxygen atoms in total. The molecule has 1 aromatic heterocycles. The lowest BCUT2D eigenvalue weighted by Crippen LogP contribution is -2.58. The van der Waals surface area contributed by atoms with Gasteiger partial charge < -0.3 is 29.7 Å². The van der Waals surface area contributed by atoms with E-state index >= 15 is 0 Å². The fourth-order valence-electron chi connectivity index (χ4n) is 5.74. The molecule has 3 heterocycles. The first kappa shape index (κ1) is 33.3. The van der Waals surface area contributed by atoms with Crippen LogP contribution in [0.15, 0.2) is 23.7 Å². The number of thiazole rings is 1. The molecule has 3 fully saturated rings. The molecule has 0 unspecified atom stereocenters. The first-order chi connectivity index (χ1) is 21.5. The van der Waals surface area contributed by atoms with E-state index in [1.54, 1.807) is 11.3 Å². The molecule has 1 aromatic carbocycles. The molecule has 0 radical (unpaired) electrons. The number of nitrogens with one attached hydrogen (secondary N) is 2. The summed E-state index contributed by atoms with van der Waals surface area (Å²) in [6, 6.07) is 4.33. The quantitative estimate of drug-likeness (QED) is 0.304. The molecular weight excluding hydrogens is 599 g/mol. The van der Waals surface area contributed by atoms with Gasteiger partial charge in [-0.25, -0.2) is 9.37 Å². The molecular formula is C33H45FN4O6S. The molecule has 2 aliphatic heterocycles. The second kappa shape index (κ2) is 14.1. The summed E-state index contributed by atoms with van der Waals surface area (Å²) in [4.78, 5) is 46.7. The molecule has 3 aliphatic rings. The molecule has 5 rings (SSSR count). The summed E-state index contributed by atoms with van der Waals surface area (Å²) in [5, 5.41) is 5.68. The largest absolute Gasteiger partial charge is 0.493 e. The van der Waals surface area contributed by atoms with E-state index in [0.29, 0.717) is 45.0 Å². The van der Waals surface area contributed by atoms with E-state index in [4.69, 9.17) is 14.2 Å². The van der Waals surface area contributed by atoms with Gasteiger partial charge in [0.1, 0.15) is 17.8 Å². The highest BCUT2D eigenvalue weighted by Gasteiger charge is 2.53. The zero-order valence-corrected chi connectivity index (χ0v) is 27.5. The zero-order chi connectivity index (χ0) is 32.2. The molecule has 3 amide bonds. The Kier molecular flexibility index (Phi) is 10.4. The first-order valence-corrected chi connectivity index (χ1v) is 16.8. The maximum absolute atomic E-state index is 14.5. The SMILES string of the molecule is Cc1ncsc1-c1ccc(CNC(=O)[C@@H]2CCCN2C(=O)[C@@H](NC(=O)C2(F)CC2)C(C)(C)C)c(OCCCCC2OCCO2)c1. The van der Waals surface area contributed by atoms with Crippen LogP contribution in [0.25, 0.3) is 10.4 Å². The van der Waals surface area contributed by atoms with Crippen molar-refractivity contribution in [2.24, 2.45) is 5.41 Å². The summed E-state index contributed by atoms with van der Waals surface area (Å²) < 4.78 is 31.8. The predicted octanol–water partition coefficient (Wildman–Crippen LogP) is 4.68. The van der Waals surface area contributed by atoms with Gasteiger partial charge in [0.05, 0.1) is 35.9 Å². The van der Waals surface area contributed by atoms with E-state index in [2.05, 4.69) is 15.6 Å². The van der Waals surface area contributed by atoms with Crippen molar-refractivity contribution in [2.75, 3.05) is 26.4 Å². The number of halogens is 1. The van der Waals surface area contributed by atoms with Crippen LogP contribution in [0.4, 0.5) is 4.39 Å². The number of rotatable bonds is 13. The van der Waals surface area contributed by atoms with Gasteiger partial charge in [0, 0.05) is 18.7 Å². The molecule has 2 saturated heterocycles. The Labute approximate surface area is 268 Å². The third-order valence-electron chi connectivity index (χ3n) is 8.63. The van der Waals surface area contributed by atoms with Gasteiger partial charge in [0.25, 0.3) is 5.91 Å². The van der Waals surface area contributed by atoms with E-state index in [9.17, 15) is 18.8 Å². The van der Waals surface area contributed by atoms with Crippen LogP contribution in [-0.4, -0.2) is 78.0 Å². The number of carbonyl (C=O) groups is 3. The van der Waals surface area contributed by atoms with Gasteiger partial charge in [-0.3, -0.25) is 14.4 Å². The standard InChI is InChI=1S/C33H45FN4O6S/c1-21-27(45-20-36-21)22-10-11-23(25(18-22)42-15-6-5-9-26-43-16-17-44-26)19-35-29(39)24-8-7-14-38(24)30(40)28(32(2,3)4)37-31(41)33(34)12-13-33/h10-11,18,20,24,26,28H,5-9,12-17,19H2,1-4H3,(H,35,39)(H,37,41)/t24-,28+/m0/s1. The number of hydrogen-bond donors (Lipinski definition) is 2. The Morgan fingerprint density at radius 3 is 2.62 bits per heavy atom. The maximum atomic E-state index is 14.5. The van der Waals surface area contributed by atoms with Crippen molar-refractivity contribution in [3.63, 3.8) is 0 Å². The smallest absolute Gasteiger partial charge is 0.258 e. The highest BCUT2D eigenvalue weighted by Crippen LogP contribution is 2.40. The summed E-state index contributed by atoms with van der Waals surface area (Å²) in [6.07, 6.45) is 3.91. The third-order valence-corrected chi connectivity index (χ3v) is 9.61. The zero-order valence-electron chi connectivity index (χ0n) is 26.7. The fraction of sp³-hybridized carbons (Fsp3) is 0.636. The second-order valence-corrected chi connectivity index (χ2v) is 14.1. The van der Waals surface area contributed by atoms with Crippen LogP contribution in [0.3, 0.4) is 0 Å². The van der Waals surface area contributed by atoms with Crippen molar-refractivity contribution in [3.8, 4) is 16.2 Å². The highest BCUT2D eigenvalue weighted by atomic mass is 32.1. The summed E-state index contributed by atoms with van der Waals surface area (Å²) in [5.74, 6) is -0.696. The molecule has 1 aliphatic carbocycles. The first-order valence-electron chi connectivity index (χ1n) is 15.9. The minimum absolute atomic E-state index is 0.135. The lowest BCUT2D eigenvalue weighted by molar-refractivity contribution is -0.144. The second-order valence-electron chi connectivity index (χ2n) is 13.3. The van der Waals surface area contributed by atoms with E-state index in [0.717, 1.165) is 41.0 Å². The van der Waals surface area contributed by atoms with Crippen molar-refractivity contribution < 1.29 is 33.0 Å². The Morgan fingerprint density at radius 1 is 1.20 bits per heavy atom. The Morgan fingerprint density at radius 2 is 1.96 bits per heavy atom. The lowest BCUT2D eigenvalue weighted by atomic mass is 9.85. The predicted molar refractivity (Wildman–Crippen MR) is 168 cm³/mol. The van der Waals surface area contributed by atoms with Gasteiger partial charge in [-0.2, -0.15) is 0 Å². The van der Waals surface area contributed by atoms with Crippen LogP contribution >= 0.6 is 11.3 Å². The van der Waals surface area contributed by atoms with Gasteiger partial charge in [-0.1, -0.05) is 32.9 Å². The molecule has 2 aromatic rings. The minimum Gasteiger partial charge on any atom is -0.493 e. The summed E-state index contributed by atoms with van der Waals surface area (Å²) in [7, 11) is 0. The Balaban J connectivity index is 1.23. The third kappa shape index (κ3) is 8.20. The number of aryl methyl sites for hydroxylation is 1. The number of ether oxygens (including phenoxy) is 3. The average Bonchev–Trinajstić information content (AvgIpc) is 3.44. The van der Waals surface area contributed by atoms with E-state index in [-0.39, 0.29) is 37.5 Å². The van der Waals surface area contributed by atoms with Crippen LogP contribution in [0, 0.1) is 12.3 Å². The van der Waals surface area contributed by atoms with E-state index in [1.165, 1.54) is 4.90 Å². The van der Waals surface area contributed by atoms with Crippen molar-refractivity contribution in [3.05, 3.63) is 35.0 Å². The number of likely N-dealkylation sites (tertiary alicyclic amines) is 1. The lowest BCUT2D eigenvalue weighted by Gasteiger charge is -2.35. The Hall–Kier alpha value is -3.09. The van der Waals surface area contributed by atoms with Gasteiger partial charge >= 0.3 is 0 Å². The summed E-state index contributed by atoms with van der Waals surface area (Å²) >= 11 is 1.56. The summed E-state index contributed by atoms with van der Waals surface area (Å²) in [5.41, 5.74) is 2.03. The van der Waals surface area contributed by atoms with Crippen molar-refractivity contribution >= 4 is 29.1 Å². The molecule has 0 spiro atoms. The van der Waals surface area contributed by atoms with Gasteiger partial charge in [0.2, 0.25) is 11.8 Å². The normalized spacial score (nSPS) is 20.2. The monoisotopic (exact) mass is 644 g/mol. The molecule has 246 valence electrons. The topological polar surface area (TPSA) is 119 Å². The number of hydrogen-bond acceptors (Lipinski definition) is 8. The number of nitrogens with zero attached hydrogens (tertiary/aromatic N) is 2. The van der Waals surface area contributed by atoms with Crippen molar-refractivity contribution in [1.29, 1.82) is 0 Å². The molecule has 12 heteroatoms. The van der Waals surface area contributed by atoms with Crippen molar-refractivity contribution in [2.45, 2.75) is 103 Å². The van der Waals surface area contributed by atoms with Crippen LogP contribution in [0.5, 0.6) is 5.75 Å². The van der Waals surface area contributed by atoms with Gasteiger partial charge in [0.15, 0.2) is 12.0 Å². The van der Waals surface area contributed by atoms with Crippen molar-refractivity contribution in [1.82, 2.24) is 20.5 Å².